The quantitative estimate of drug-likeness (QED) is 0.829. The standard InChI is InChI=1S/C16H26O2/c1-6-16(7-2,18-8-3)15(17)14-11-12(4)9-10-13(14)5/h9-11,15,17H,6-8H2,1-5H3. The van der Waals surface area contributed by atoms with E-state index in [1.807, 2.05) is 13.8 Å². The molecule has 0 saturated carbocycles. The molecule has 0 saturated heterocycles. The van der Waals surface area contributed by atoms with Crippen molar-refractivity contribution in [1.29, 1.82) is 0 Å². The lowest BCUT2D eigenvalue weighted by atomic mass is 9.84. The van der Waals surface area contributed by atoms with Crippen molar-refractivity contribution >= 4 is 0 Å². The second-order valence-corrected chi connectivity index (χ2v) is 4.97. The first-order valence-corrected chi connectivity index (χ1v) is 6.89. The molecule has 2 heteroatoms. The van der Waals surface area contributed by atoms with Crippen molar-refractivity contribution in [2.45, 2.75) is 59.2 Å². The van der Waals surface area contributed by atoms with Crippen LogP contribution in [0.2, 0.25) is 0 Å². The summed E-state index contributed by atoms with van der Waals surface area (Å²) in [6.45, 7) is 10.9. The van der Waals surface area contributed by atoms with E-state index in [-0.39, 0.29) is 0 Å². The van der Waals surface area contributed by atoms with Crippen LogP contribution in [0, 0.1) is 13.8 Å². The van der Waals surface area contributed by atoms with E-state index in [9.17, 15) is 5.11 Å². The van der Waals surface area contributed by atoms with Gasteiger partial charge in [0.25, 0.3) is 0 Å². The number of benzene rings is 1. The zero-order valence-corrected chi connectivity index (χ0v) is 12.3. The van der Waals surface area contributed by atoms with Gasteiger partial charge in [0.1, 0.15) is 6.10 Å². The fraction of sp³-hybridized carbons (Fsp3) is 0.625. The Bertz CT molecular complexity index is 381. The average molecular weight is 250 g/mol. The van der Waals surface area contributed by atoms with Gasteiger partial charge in [-0.1, -0.05) is 37.6 Å². The highest BCUT2D eigenvalue weighted by Gasteiger charge is 2.36. The molecule has 0 bridgehead atoms. The second kappa shape index (κ2) is 6.35. The molecule has 2 nitrogen and oxygen atoms in total. The summed E-state index contributed by atoms with van der Waals surface area (Å²) in [4.78, 5) is 0. The fourth-order valence-electron chi connectivity index (χ4n) is 2.55. The van der Waals surface area contributed by atoms with Gasteiger partial charge >= 0.3 is 0 Å². The van der Waals surface area contributed by atoms with Gasteiger partial charge in [0.05, 0.1) is 5.60 Å². The van der Waals surface area contributed by atoms with Gasteiger partial charge in [0, 0.05) is 6.61 Å². The Labute approximate surface area is 111 Å². The minimum Gasteiger partial charge on any atom is -0.385 e. The van der Waals surface area contributed by atoms with Crippen molar-refractivity contribution in [2.24, 2.45) is 0 Å². The normalized spacial score (nSPS) is 13.7. The summed E-state index contributed by atoms with van der Waals surface area (Å²) in [5.74, 6) is 0. The maximum absolute atomic E-state index is 10.7. The largest absolute Gasteiger partial charge is 0.385 e. The summed E-state index contributed by atoms with van der Waals surface area (Å²) in [6.07, 6.45) is 1.06. The van der Waals surface area contributed by atoms with Gasteiger partial charge in [0.2, 0.25) is 0 Å². The summed E-state index contributed by atoms with van der Waals surface area (Å²) in [5, 5.41) is 10.7. The van der Waals surface area contributed by atoms with Crippen LogP contribution in [0.4, 0.5) is 0 Å². The molecule has 0 fully saturated rings. The van der Waals surface area contributed by atoms with Crippen LogP contribution in [0.5, 0.6) is 0 Å². The monoisotopic (exact) mass is 250 g/mol. The predicted molar refractivity (Wildman–Crippen MR) is 75.8 cm³/mol. The molecule has 1 rings (SSSR count). The predicted octanol–water partition coefficient (Wildman–Crippen LogP) is 3.93. The van der Waals surface area contributed by atoms with Crippen molar-refractivity contribution in [1.82, 2.24) is 0 Å². The summed E-state index contributed by atoms with van der Waals surface area (Å²) < 4.78 is 5.89. The maximum Gasteiger partial charge on any atom is 0.108 e. The van der Waals surface area contributed by atoms with Crippen molar-refractivity contribution in [2.75, 3.05) is 6.61 Å². The van der Waals surface area contributed by atoms with Crippen LogP contribution in [0.25, 0.3) is 0 Å². The molecule has 1 aromatic carbocycles. The van der Waals surface area contributed by atoms with E-state index in [0.29, 0.717) is 6.61 Å². The van der Waals surface area contributed by atoms with E-state index in [2.05, 4.69) is 39.0 Å². The number of hydrogen-bond acceptors (Lipinski definition) is 2. The Kier molecular flexibility index (Phi) is 5.36. The topological polar surface area (TPSA) is 29.5 Å². The Morgan fingerprint density at radius 3 is 2.28 bits per heavy atom. The van der Waals surface area contributed by atoms with E-state index in [1.54, 1.807) is 0 Å². The molecular weight excluding hydrogens is 224 g/mol. The van der Waals surface area contributed by atoms with Crippen LogP contribution in [0.3, 0.4) is 0 Å². The lowest BCUT2D eigenvalue weighted by molar-refractivity contribution is -0.127. The molecule has 0 radical (unpaired) electrons. The molecule has 0 aromatic heterocycles. The van der Waals surface area contributed by atoms with Crippen LogP contribution < -0.4 is 0 Å². The second-order valence-electron chi connectivity index (χ2n) is 4.97. The Morgan fingerprint density at radius 1 is 1.17 bits per heavy atom. The number of hydrogen-bond donors (Lipinski definition) is 1. The third-order valence-corrected chi connectivity index (χ3v) is 3.86. The zero-order valence-electron chi connectivity index (χ0n) is 12.3. The SMILES string of the molecule is CCOC(CC)(CC)C(O)c1cc(C)ccc1C. The van der Waals surface area contributed by atoms with Gasteiger partial charge in [-0.3, -0.25) is 0 Å². The third kappa shape index (κ3) is 2.93. The lowest BCUT2D eigenvalue weighted by Gasteiger charge is -2.37. The number of rotatable bonds is 6. The summed E-state index contributed by atoms with van der Waals surface area (Å²) in [7, 11) is 0. The van der Waals surface area contributed by atoms with Crippen molar-refractivity contribution in [3.63, 3.8) is 0 Å². The van der Waals surface area contributed by atoms with Crippen LogP contribution in [0.1, 0.15) is 56.4 Å². The number of aliphatic hydroxyl groups excluding tert-OH is 1. The molecule has 1 N–H and O–H groups in total. The molecule has 0 heterocycles. The van der Waals surface area contributed by atoms with Gasteiger partial charge in [0.15, 0.2) is 0 Å². The highest BCUT2D eigenvalue weighted by Crippen LogP contribution is 2.36. The minimum absolute atomic E-state index is 0.465. The van der Waals surface area contributed by atoms with Crippen molar-refractivity contribution in [3.8, 4) is 0 Å². The Balaban J connectivity index is 3.16. The molecule has 1 atom stereocenters. The summed E-state index contributed by atoms with van der Waals surface area (Å²) in [5.41, 5.74) is 2.83. The minimum atomic E-state index is -0.563. The van der Waals surface area contributed by atoms with Crippen LogP contribution in [0.15, 0.2) is 18.2 Å². The molecule has 0 spiro atoms. The molecule has 0 aliphatic carbocycles. The summed E-state index contributed by atoms with van der Waals surface area (Å²) >= 11 is 0. The molecule has 0 aliphatic heterocycles. The fourth-order valence-corrected chi connectivity index (χ4v) is 2.55. The molecule has 1 unspecified atom stereocenters. The van der Waals surface area contributed by atoms with Gasteiger partial charge in [-0.05, 0) is 44.7 Å². The first kappa shape index (κ1) is 15.2. The van der Waals surface area contributed by atoms with Gasteiger partial charge < -0.3 is 9.84 Å². The van der Waals surface area contributed by atoms with Crippen molar-refractivity contribution in [3.05, 3.63) is 34.9 Å². The zero-order chi connectivity index (χ0) is 13.8. The van der Waals surface area contributed by atoms with Gasteiger partial charge in [-0.25, -0.2) is 0 Å². The van der Waals surface area contributed by atoms with E-state index < -0.39 is 11.7 Å². The van der Waals surface area contributed by atoms with Gasteiger partial charge in [-0.2, -0.15) is 0 Å². The maximum atomic E-state index is 10.7. The lowest BCUT2D eigenvalue weighted by Crippen LogP contribution is -2.38. The van der Waals surface area contributed by atoms with E-state index in [1.165, 1.54) is 5.56 Å². The first-order valence-electron chi connectivity index (χ1n) is 6.89. The van der Waals surface area contributed by atoms with Crippen LogP contribution >= 0.6 is 0 Å². The Hall–Kier alpha value is -0.860. The van der Waals surface area contributed by atoms with Crippen LogP contribution in [-0.2, 0) is 4.74 Å². The Morgan fingerprint density at radius 2 is 1.78 bits per heavy atom. The average Bonchev–Trinajstić information content (AvgIpc) is 2.38. The molecule has 18 heavy (non-hydrogen) atoms. The van der Waals surface area contributed by atoms with Crippen molar-refractivity contribution < 1.29 is 9.84 Å². The smallest absolute Gasteiger partial charge is 0.108 e. The molecule has 0 aliphatic rings. The molecule has 0 amide bonds. The first-order chi connectivity index (χ1) is 8.50. The number of ether oxygens (including phenoxy) is 1. The number of aliphatic hydroxyl groups is 1. The highest BCUT2D eigenvalue weighted by molar-refractivity contribution is 5.33. The highest BCUT2D eigenvalue weighted by atomic mass is 16.5. The summed E-state index contributed by atoms with van der Waals surface area (Å²) in [6, 6.07) is 6.21. The number of aryl methyl sites for hydroxylation is 2. The molecule has 102 valence electrons. The van der Waals surface area contributed by atoms with Gasteiger partial charge in [-0.15, -0.1) is 0 Å². The van der Waals surface area contributed by atoms with E-state index in [4.69, 9.17) is 4.74 Å². The van der Waals surface area contributed by atoms with E-state index in [0.717, 1.165) is 24.0 Å². The van der Waals surface area contributed by atoms with Crippen LogP contribution in [-0.4, -0.2) is 17.3 Å². The van der Waals surface area contributed by atoms with E-state index >= 15 is 0 Å². The third-order valence-electron chi connectivity index (χ3n) is 3.86. The molecule has 1 aromatic rings. The molecular formula is C16H26O2.